The van der Waals surface area contributed by atoms with Crippen molar-refractivity contribution in [2.24, 2.45) is 15.3 Å². The molecule has 0 saturated carbocycles. The fourth-order valence-electron chi connectivity index (χ4n) is 3.21. The normalized spacial score (nSPS) is 12.5. The summed E-state index contributed by atoms with van der Waals surface area (Å²) < 4.78 is 107. The smallest absolute Gasteiger partial charge is 0.744 e. The van der Waals surface area contributed by atoms with Crippen molar-refractivity contribution in [2.75, 3.05) is 18.1 Å². The number of hydrogen-bond donors (Lipinski definition) is 3. The molecule has 0 atom stereocenters. The largest absolute Gasteiger partial charge is 1.00 e. The molecule has 0 unspecified atom stereocenters. The summed E-state index contributed by atoms with van der Waals surface area (Å²) in [4.78, 5) is -1.46. The number of nitrogen functional groups attached to an aromatic ring is 1. The minimum absolute atomic E-state index is 0. The summed E-state index contributed by atoms with van der Waals surface area (Å²) in [6.07, 6.45) is 0. The molecule has 3 rings (SSSR count). The first-order valence-electron chi connectivity index (χ1n) is 10.4. The molecule has 3 aromatic rings. The first kappa shape index (κ1) is 40.7. The number of rotatable bonds is 12. The second-order valence-corrected chi connectivity index (χ2v) is 12.6. The van der Waals surface area contributed by atoms with Crippen molar-refractivity contribution in [1.29, 1.82) is 5.52 Å². The minimum atomic E-state index is -5.27. The Balaban J connectivity index is 0.00000616. The molecule has 4 N–H and O–H groups in total. The molecule has 216 valence electrons. The number of azo groups is 1. The predicted molar refractivity (Wildman–Crippen MR) is 129 cm³/mol. The van der Waals surface area contributed by atoms with Gasteiger partial charge in [0, 0.05) is 0 Å². The van der Waals surface area contributed by atoms with Gasteiger partial charge in [-0.15, -0.1) is 5.11 Å². The van der Waals surface area contributed by atoms with Crippen molar-refractivity contribution < 1.29 is 148 Å². The van der Waals surface area contributed by atoms with Gasteiger partial charge in [-0.2, -0.15) is 14.6 Å². The molecule has 0 heterocycles. The van der Waals surface area contributed by atoms with Gasteiger partial charge in [-0.3, -0.25) is 9.22 Å². The Hall–Kier alpha value is -0.320. The maximum Gasteiger partial charge on any atom is 1.00 e. The first-order chi connectivity index (χ1) is 19.1. The number of nitrogens with zero attached hydrogens (tertiary/aromatic N) is 3. The Morgan fingerprint density at radius 2 is 1.63 bits per heavy atom. The van der Waals surface area contributed by atoms with Crippen molar-refractivity contribution in [1.82, 2.24) is 0 Å². The molecule has 0 aliphatic heterocycles. The van der Waals surface area contributed by atoms with Gasteiger partial charge < -0.3 is 25.2 Å². The standard InChI is InChI=1S/C18H17N5O13S4.3Na/c19-15-14-9(7-12(37-36-35-25)16(21-20)18(14)24)8-13(39(28,29)30)17(15)23-22-10-1-3-11(4-2-10)38(26,27)6-5-34-40(31,32)33;;;/h1-4,7-8,20,24-25H,5-6,19H2,(H,28,29,30)(H,31,32,33);;;/q;3*+1/p-3/i/hD. The third kappa shape index (κ3) is 11.2. The topological polar surface area (TPSA) is 306 Å². The van der Waals surface area contributed by atoms with Crippen molar-refractivity contribution >= 4 is 75.9 Å². The molecule has 0 aliphatic carbocycles. The first-order valence-corrected chi connectivity index (χ1v) is 15.1. The summed E-state index contributed by atoms with van der Waals surface area (Å²) in [5, 5.41) is 34.6. The van der Waals surface area contributed by atoms with Crippen LogP contribution in [-0.2, 0) is 43.9 Å². The van der Waals surface area contributed by atoms with Crippen LogP contribution in [0.1, 0.15) is 0 Å². The summed E-state index contributed by atoms with van der Waals surface area (Å²) in [6, 6.07) is 6.23. The monoisotopic (exact) mass is 706 g/mol. The molecule has 0 fully saturated rings. The Labute approximate surface area is 316 Å². The Bertz CT molecular complexity index is 1870. The van der Waals surface area contributed by atoms with E-state index >= 15 is 0 Å². The molecule has 0 radical (unpaired) electrons. The van der Waals surface area contributed by atoms with E-state index in [-0.39, 0.29) is 127 Å². The molecular formula is C18H14N5Na3O13S4. The van der Waals surface area contributed by atoms with Crippen LogP contribution >= 0.6 is 12.0 Å². The van der Waals surface area contributed by atoms with Gasteiger partial charge in [0.25, 0.3) is 0 Å². The van der Waals surface area contributed by atoms with E-state index in [1.165, 1.54) is 0 Å². The number of anilines is 1. The van der Waals surface area contributed by atoms with Crippen LogP contribution in [-0.4, -0.2) is 51.8 Å². The van der Waals surface area contributed by atoms with Gasteiger partial charge >= 0.3 is 88.7 Å². The maximum absolute atomic E-state index is 12.3. The average Bonchev–Trinajstić information content (AvgIpc) is 2.87. The van der Waals surface area contributed by atoms with Crippen molar-refractivity contribution in [3.63, 3.8) is 0 Å². The number of phenols is 1. The van der Waals surface area contributed by atoms with Crippen LogP contribution in [0.3, 0.4) is 0 Å². The van der Waals surface area contributed by atoms with Crippen LogP contribution in [0.2, 0.25) is 1.41 Å². The van der Waals surface area contributed by atoms with Gasteiger partial charge in [0.2, 0.25) is 11.8 Å². The maximum atomic E-state index is 12.3. The summed E-state index contributed by atoms with van der Waals surface area (Å²) in [5.41, 5.74) is 7.07. The summed E-state index contributed by atoms with van der Waals surface area (Å²) in [6.45, 7) is -0.916. The van der Waals surface area contributed by atoms with E-state index in [2.05, 4.69) is 34.4 Å². The van der Waals surface area contributed by atoms with E-state index in [0.717, 1.165) is 36.4 Å². The second-order valence-electron chi connectivity index (χ2n) is 7.32. The molecule has 3 aromatic carbocycles. The summed E-state index contributed by atoms with van der Waals surface area (Å²) in [5.74, 6) is -1.60. The number of nitrogens with one attached hydrogen (secondary N) is 1. The minimum Gasteiger partial charge on any atom is -0.744 e. The van der Waals surface area contributed by atoms with Crippen LogP contribution < -0.4 is 99.7 Å². The summed E-state index contributed by atoms with van der Waals surface area (Å²) in [7, 11) is -14.4. The average molecular weight is 707 g/mol. The molecule has 25 heteroatoms. The fraction of sp³-hybridized carbons (Fsp3) is 0.111. The third-order valence-electron chi connectivity index (χ3n) is 4.88. The van der Waals surface area contributed by atoms with Crippen molar-refractivity contribution in [2.45, 2.75) is 14.7 Å². The van der Waals surface area contributed by atoms with E-state index in [1.54, 1.807) is 0 Å². The van der Waals surface area contributed by atoms with Gasteiger partial charge in [-0.25, -0.2) is 30.8 Å². The third-order valence-corrected chi connectivity index (χ3v) is 8.49. The van der Waals surface area contributed by atoms with Gasteiger partial charge in [0.15, 0.2) is 15.6 Å². The summed E-state index contributed by atoms with van der Waals surface area (Å²) >= 11 is 0.222. The Kier molecular flexibility index (Phi) is 16.6. The zero-order valence-electron chi connectivity index (χ0n) is 23.2. The van der Waals surface area contributed by atoms with Crippen LogP contribution in [0, 0.1) is 5.52 Å². The van der Waals surface area contributed by atoms with Crippen molar-refractivity contribution in [3.8, 4) is 5.75 Å². The molecular weight excluding hydrogens is 691 g/mol. The molecule has 0 bridgehead atoms. The number of nitrogens with two attached hydrogens (primary N) is 1. The van der Waals surface area contributed by atoms with Gasteiger partial charge in [0.05, 0.1) is 55.8 Å². The van der Waals surface area contributed by atoms with E-state index in [4.69, 9.17) is 7.15 Å². The Morgan fingerprint density at radius 3 is 2.16 bits per heavy atom. The number of benzene rings is 3. The van der Waals surface area contributed by atoms with Crippen LogP contribution in [0.25, 0.3) is 10.8 Å². The number of sulfone groups is 1. The van der Waals surface area contributed by atoms with Crippen LogP contribution in [0.15, 0.2) is 66.4 Å². The van der Waals surface area contributed by atoms with E-state index in [9.17, 15) is 44.7 Å². The zero-order chi connectivity index (χ0) is 30.6. The van der Waals surface area contributed by atoms with Gasteiger partial charge in [-0.1, -0.05) is 0 Å². The molecule has 0 aliphatic rings. The van der Waals surface area contributed by atoms with Crippen LogP contribution in [0.5, 0.6) is 5.75 Å². The SMILES string of the molecule is [2H]N=Nc1c(SOO[O-])cc2cc(S(=O)(=O)[O-])c(N=Nc3ccc(S(=O)(=O)CCOS(=O)(=O)[O-])cc3)c(N)c2c1O.[Na+].[Na+].[Na+]. The van der Waals surface area contributed by atoms with Gasteiger partial charge in [0.1, 0.15) is 21.5 Å². The predicted octanol–water partition coefficient (Wildman–Crippen LogP) is -7.40. The number of fused-ring (bicyclic) bond motifs is 1. The number of phenolic OH excluding ortho intramolecular Hbond substituents is 1. The molecule has 0 spiro atoms. The number of hydrogen-bond acceptors (Lipinski definition) is 19. The number of aromatic hydroxyl groups is 1. The quantitative estimate of drug-likeness (QED) is 0.0230. The van der Waals surface area contributed by atoms with E-state index in [1.807, 2.05) is 0 Å². The Morgan fingerprint density at radius 1 is 1.00 bits per heavy atom. The van der Waals surface area contributed by atoms with Gasteiger partial charge in [-0.05, 0) is 41.8 Å². The van der Waals surface area contributed by atoms with Crippen LogP contribution in [0.4, 0.5) is 22.7 Å². The molecule has 18 nitrogen and oxygen atoms in total. The zero-order valence-corrected chi connectivity index (χ0v) is 31.5. The molecule has 0 saturated heterocycles. The molecule has 43 heavy (non-hydrogen) atoms. The molecule has 0 amide bonds. The second kappa shape index (κ2) is 17.6. The van der Waals surface area contributed by atoms with E-state index < -0.39 is 70.4 Å². The van der Waals surface area contributed by atoms with Crippen molar-refractivity contribution in [3.05, 3.63) is 36.4 Å². The van der Waals surface area contributed by atoms with E-state index in [0.29, 0.717) is 0 Å². The molecule has 0 aromatic heterocycles. The fourth-order valence-corrected chi connectivity index (χ4v) is 5.84.